The van der Waals surface area contributed by atoms with E-state index in [1.807, 2.05) is 0 Å². The molecule has 0 atom stereocenters. The number of carbonyl (C=O) groups is 1. The normalized spacial score (nSPS) is 25.3. The zero-order valence-corrected chi connectivity index (χ0v) is 11.0. The predicted molar refractivity (Wildman–Crippen MR) is 66.1 cm³/mol. The lowest BCUT2D eigenvalue weighted by atomic mass is 9.87. The van der Waals surface area contributed by atoms with E-state index in [0.717, 1.165) is 44.0 Å². The van der Waals surface area contributed by atoms with E-state index in [2.05, 4.69) is 21.2 Å². The molecule has 0 bridgehead atoms. The van der Waals surface area contributed by atoms with Crippen molar-refractivity contribution in [2.45, 2.75) is 38.2 Å². The number of carboxylic acid groups (broad SMARTS) is 1. The fraction of sp³-hybridized carbons (Fsp3) is 0.909. The van der Waals surface area contributed by atoms with Gasteiger partial charge in [0.2, 0.25) is 0 Å². The van der Waals surface area contributed by atoms with E-state index >= 15 is 0 Å². The van der Waals surface area contributed by atoms with E-state index in [4.69, 9.17) is 9.84 Å². The molecule has 0 heterocycles. The van der Waals surface area contributed by atoms with Gasteiger partial charge in [0.25, 0.3) is 0 Å². The zero-order chi connectivity index (χ0) is 11.8. The molecule has 16 heavy (non-hydrogen) atoms. The van der Waals surface area contributed by atoms with Crippen LogP contribution in [0.25, 0.3) is 0 Å². The molecular weight excluding hydrogens is 274 g/mol. The first-order valence-electron chi connectivity index (χ1n) is 5.86. The van der Waals surface area contributed by atoms with Crippen LogP contribution in [0.3, 0.4) is 0 Å². The van der Waals surface area contributed by atoms with Crippen LogP contribution >= 0.6 is 15.9 Å². The molecule has 94 valence electrons. The average molecular weight is 294 g/mol. The van der Waals surface area contributed by atoms with Crippen LogP contribution in [-0.2, 0) is 4.74 Å². The second-order valence-corrected chi connectivity index (χ2v) is 5.04. The number of nitrogens with one attached hydrogen (secondary N) is 1. The van der Waals surface area contributed by atoms with Crippen molar-refractivity contribution in [1.82, 2.24) is 5.32 Å². The SMILES string of the molecule is O=C(O)NCC1CCC(OCCCBr)CC1. The highest BCUT2D eigenvalue weighted by Gasteiger charge is 2.21. The molecule has 1 rings (SSSR count). The third-order valence-corrected chi connectivity index (χ3v) is 3.53. The topological polar surface area (TPSA) is 58.6 Å². The predicted octanol–water partition coefficient (Wildman–Crippen LogP) is 2.61. The lowest BCUT2D eigenvalue weighted by molar-refractivity contribution is 0.0191. The van der Waals surface area contributed by atoms with Crippen molar-refractivity contribution in [1.29, 1.82) is 0 Å². The van der Waals surface area contributed by atoms with Crippen molar-refractivity contribution >= 4 is 22.0 Å². The molecule has 2 N–H and O–H groups in total. The number of halogens is 1. The van der Waals surface area contributed by atoms with Gasteiger partial charge in [0, 0.05) is 18.5 Å². The quantitative estimate of drug-likeness (QED) is 0.585. The maximum atomic E-state index is 10.3. The Kier molecular flexibility index (Phi) is 6.80. The van der Waals surface area contributed by atoms with Gasteiger partial charge in [0.05, 0.1) is 6.10 Å². The summed E-state index contributed by atoms with van der Waals surface area (Å²) in [7, 11) is 0. The maximum Gasteiger partial charge on any atom is 0.404 e. The van der Waals surface area contributed by atoms with Gasteiger partial charge in [-0.1, -0.05) is 15.9 Å². The first-order valence-corrected chi connectivity index (χ1v) is 6.99. The van der Waals surface area contributed by atoms with E-state index in [1.54, 1.807) is 0 Å². The zero-order valence-electron chi connectivity index (χ0n) is 9.45. The van der Waals surface area contributed by atoms with Crippen LogP contribution in [-0.4, -0.2) is 35.8 Å². The van der Waals surface area contributed by atoms with Crippen molar-refractivity contribution in [3.05, 3.63) is 0 Å². The van der Waals surface area contributed by atoms with Gasteiger partial charge in [0.15, 0.2) is 0 Å². The highest BCUT2D eigenvalue weighted by molar-refractivity contribution is 9.09. The molecule has 0 radical (unpaired) electrons. The van der Waals surface area contributed by atoms with Crippen LogP contribution in [0.5, 0.6) is 0 Å². The Morgan fingerprint density at radius 2 is 2.06 bits per heavy atom. The Balaban J connectivity index is 2.06. The second kappa shape index (κ2) is 7.90. The van der Waals surface area contributed by atoms with Gasteiger partial charge >= 0.3 is 6.09 Å². The molecule has 1 aliphatic rings. The molecule has 0 saturated heterocycles. The van der Waals surface area contributed by atoms with E-state index in [-0.39, 0.29) is 0 Å². The smallest absolute Gasteiger partial charge is 0.404 e. The van der Waals surface area contributed by atoms with Crippen molar-refractivity contribution < 1.29 is 14.6 Å². The largest absolute Gasteiger partial charge is 0.465 e. The van der Waals surface area contributed by atoms with Crippen molar-refractivity contribution in [3.8, 4) is 0 Å². The van der Waals surface area contributed by atoms with Crippen molar-refractivity contribution in [3.63, 3.8) is 0 Å². The Hall–Kier alpha value is -0.290. The first-order chi connectivity index (χ1) is 7.72. The van der Waals surface area contributed by atoms with E-state index < -0.39 is 6.09 Å². The summed E-state index contributed by atoms with van der Waals surface area (Å²) in [4.78, 5) is 10.3. The Bertz CT molecular complexity index is 205. The van der Waals surface area contributed by atoms with Crippen LogP contribution in [0.15, 0.2) is 0 Å². The maximum absolute atomic E-state index is 10.3. The van der Waals surface area contributed by atoms with Gasteiger partial charge in [0.1, 0.15) is 0 Å². The minimum atomic E-state index is -0.921. The highest BCUT2D eigenvalue weighted by Crippen LogP contribution is 2.25. The molecule has 0 aromatic rings. The number of rotatable bonds is 6. The Morgan fingerprint density at radius 1 is 1.38 bits per heavy atom. The number of amides is 1. The Labute approximate surface area is 105 Å². The van der Waals surface area contributed by atoms with Gasteiger partial charge in [-0.25, -0.2) is 4.79 Å². The summed E-state index contributed by atoms with van der Waals surface area (Å²) in [5.41, 5.74) is 0. The van der Waals surface area contributed by atoms with Gasteiger partial charge in [-0.3, -0.25) is 0 Å². The molecule has 0 spiro atoms. The summed E-state index contributed by atoms with van der Waals surface area (Å²) in [5.74, 6) is 0.493. The summed E-state index contributed by atoms with van der Waals surface area (Å²) in [6, 6.07) is 0. The molecule has 0 aliphatic heterocycles. The number of alkyl halides is 1. The molecule has 1 amide bonds. The summed E-state index contributed by atoms with van der Waals surface area (Å²) < 4.78 is 5.73. The second-order valence-electron chi connectivity index (χ2n) is 4.24. The van der Waals surface area contributed by atoms with Crippen LogP contribution in [0.1, 0.15) is 32.1 Å². The molecular formula is C11H20BrNO3. The molecule has 0 aromatic heterocycles. The molecule has 1 aliphatic carbocycles. The standard InChI is InChI=1S/C11H20BrNO3/c12-6-1-7-16-10-4-2-9(3-5-10)8-13-11(14)15/h9-10,13H,1-8H2,(H,14,15). The third-order valence-electron chi connectivity index (χ3n) is 2.97. The van der Waals surface area contributed by atoms with E-state index in [9.17, 15) is 4.79 Å². The fourth-order valence-electron chi connectivity index (χ4n) is 2.04. The minimum Gasteiger partial charge on any atom is -0.465 e. The summed E-state index contributed by atoms with van der Waals surface area (Å²) in [5, 5.41) is 11.9. The molecule has 5 heteroatoms. The Morgan fingerprint density at radius 3 is 2.62 bits per heavy atom. The van der Waals surface area contributed by atoms with Crippen LogP contribution < -0.4 is 5.32 Å². The summed E-state index contributed by atoms with van der Waals surface area (Å²) in [6.07, 6.45) is 4.79. The molecule has 4 nitrogen and oxygen atoms in total. The van der Waals surface area contributed by atoms with Gasteiger partial charge in [-0.2, -0.15) is 0 Å². The monoisotopic (exact) mass is 293 g/mol. The van der Waals surface area contributed by atoms with Gasteiger partial charge < -0.3 is 15.2 Å². The molecule has 1 saturated carbocycles. The van der Waals surface area contributed by atoms with Crippen LogP contribution in [0, 0.1) is 5.92 Å². The first kappa shape index (κ1) is 13.8. The minimum absolute atomic E-state index is 0.389. The summed E-state index contributed by atoms with van der Waals surface area (Å²) >= 11 is 3.37. The van der Waals surface area contributed by atoms with Crippen molar-refractivity contribution in [2.75, 3.05) is 18.5 Å². The molecule has 0 unspecified atom stereocenters. The number of ether oxygens (including phenoxy) is 1. The third kappa shape index (κ3) is 5.70. The molecule has 0 aromatic carbocycles. The lowest BCUT2D eigenvalue weighted by Gasteiger charge is -2.28. The molecule has 1 fully saturated rings. The fourth-order valence-corrected chi connectivity index (χ4v) is 2.27. The van der Waals surface area contributed by atoms with Gasteiger partial charge in [-0.15, -0.1) is 0 Å². The van der Waals surface area contributed by atoms with E-state index in [1.165, 1.54) is 0 Å². The van der Waals surface area contributed by atoms with Crippen molar-refractivity contribution in [2.24, 2.45) is 5.92 Å². The number of hydrogen-bond acceptors (Lipinski definition) is 2. The van der Waals surface area contributed by atoms with E-state index in [0.29, 0.717) is 18.6 Å². The average Bonchev–Trinajstić information content (AvgIpc) is 2.28. The van der Waals surface area contributed by atoms with Crippen LogP contribution in [0.4, 0.5) is 4.79 Å². The number of hydrogen-bond donors (Lipinski definition) is 2. The highest BCUT2D eigenvalue weighted by atomic mass is 79.9. The lowest BCUT2D eigenvalue weighted by Crippen LogP contribution is -2.31. The van der Waals surface area contributed by atoms with Gasteiger partial charge in [-0.05, 0) is 38.0 Å². The van der Waals surface area contributed by atoms with Crippen LogP contribution in [0.2, 0.25) is 0 Å². The summed E-state index contributed by atoms with van der Waals surface area (Å²) in [6.45, 7) is 1.41.